The van der Waals surface area contributed by atoms with Crippen molar-refractivity contribution in [2.24, 2.45) is 0 Å². The van der Waals surface area contributed by atoms with Gasteiger partial charge in [0.05, 0.1) is 18.3 Å². The molecular weight excluding hydrogens is 193 g/mol. The molecule has 0 saturated heterocycles. The number of hydrogen-bond donors (Lipinski definition) is 1. The van der Waals surface area contributed by atoms with Crippen molar-refractivity contribution >= 4 is 5.97 Å². The Morgan fingerprint density at radius 1 is 1.71 bits per heavy atom. The summed E-state index contributed by atoms with van der Waals surface area (Å²) in [5.41, 5.74) is 0.794. The van der Waals surface area contributed by atoms with Crippen LogP contribution in [0.15, 0.2) is 12.5 Å². The van der Waals surface area contributed by atoms with Crippen molar-refractivity contribution in [3.63, 3.8) is 0 Å². The molecule has 0 aromatic carbocycles. The fourth-order valence-electron chi connectivity index (χ4n) is 1.08. The van der Waals surface area contributed by atoms with E-state index in [2.05, 4.69) is 9.97 Å². The molecule has 6 heteroatoms. The van der Waals surface area contributed by atoms with Crippen LogP contribution in [0.25, 0.3) is 0 Å². The molecule has 14 heavy (non-hydrogen) atoms. The Labute approximate surface area is 105 Å². The maximum absolute atomic E-state index is 10.7. The molecule has 1 aromatic rings. The molecule has 1 N–H and O–H groups in total. The minimum atomic E-state index is -1.07. The number of aliphatic carboxylic acids is 1. The van der Waals surface area contributed by atoms with Gasteiger partial charge >= 0.3 is 29.6 Å². The normalized spacial score (nSPS) is 12.2. The molecule has 1 rings (SSSR count). The first kappa shape index (κ1) is 13.6. The quantitative estimate of drug-likeness (QED) is 0.504. The minimum Gasteiger partial charge on any atom is -0.548 e. The number of carboxylic acids is 1. The Balaban J connectivity index is 0.00000169. The second-order valence-electron chi connectivity index (χ2n) is 3.08. The number of nitrogens with zero attached hydrogens (tertiary/aromatic N) is 2. The number of imidazole rings is 1. The fraction of sp³-hybridized carbons (Fsp3) is 0.500. The summed E-state index contributed by atoms with van der Waals surface area (Å²) in [7, 11) is 3.41. The van der Waals surface area contributed by atoms with Gasteiger partial charge in [-0.15, -0.1) is 0 Å². The van der Waals surface area contributed by atoms with Gasteiger partial charge in [0.15, 0.2) is 0 Å². The van der Waals surface area contributed by atoms with Crippen LogP contribution in [0.3, 0.4) is 0 Å². The van der Waals surface area contributed by atoms with E-state index in [9.17, 15) is 9.90 Å². The van der Waals surface area contributed by atoms with E-state index in [1.54, 1.807) is 25.2 Å². The number of carboxylic acid groups (broad SMARTS) is 1. The third-order valence-corrected chi connectivity index (χ3v) is 1.86. The van der Waals surface area contributed by atoms with Gasteiger partial charge in [0.1, 0.15) is 0 Å². The molecule has 5 nitrogen and oxygen atoms in total. The van der Waals surface area contributed by atoms with Crippen molar-refractivity contribution in [2.75, 3.05) is 14.1 Å². The first-order valence-corrected chi connectivity index (χ1v) is 3.96. The van der Waals surface area contributed by atoms with Gasteiger partial charge < -0.3 is 19.8 Å². The van der Waals surface area contributed by atoms with E-state index in [0.717, 1.165) is 5.69 Å². The number of carbonyl (C=O) groups excluding carboxylic acids is 1. The molecule has 72 valence electrons. The van der Waals surface area contributed by atoms with E-state index in [1.165, 1.54) is 6.33 Å². The summed E-state index contributed by atoms with van der Waals surface area (Å²) in [6, 6.07) is -0.611. The molecule has 1 aromatic heterocycles. The van der Waals surface area contributed by atoms with Crippen molar-refractivity contribution in [2.45, 2.75) is 12.5 Å². The summed E-state index contributed by atoms with van der Waals surface area (Å²) in [5.74, 6) is -1.07. The molecule has 0 unspecified atom stereocenters. The van der Waals surface area contributed by atoms with Gasteiger partial charge in [0, 0.05) is 18.3 Å². The van der Waals surface area contributed by atoms with Gasteiger partial charge in [-0.25, -0.2) is 4.98 Å². The van der Waals surface area contributed by atoms with Gasteiger partial charge in [-0.2, -0.15) is 0 Å². The van der Waals surface area contributed by atoms with E-state index in [0.29, 0.717) is 6.42 Å². The van der Waals surface area contributed by atoms with E-state index in [4.69, 9.17) is 0 Å². The number of rotatable bonds is 4. The van der Waals surface area contributed by atoms with Crippen LogP contribution in [0.1, 0.15) is 5.69 Å². The average Bonchev–Trinajstić information content (AvgIpc) is 2.50. The summed E-state index contributed by atoms with van der Waals surface area (Å²) >= 11 is 0. The predicted octanol–water partition coefficient (Wildman–Crippen LogP) is -4.36. The van der Waals surface area contributed by atoms with Crippen molar-refractivity contribution in [3.05, 3.63) is 18.2 Å². The molecule has 0 aliphatic rings. The molecule has 0 amide bonds. The molecule has 0 fully saturated rings. The van der Waals surface area contributed by atoms with Crippen LogP contribution >= 0.6 is 0 Å². The SMILES string of the molecule is CN(C)[C@@H](Cc1cnc[nH]1)C(=O)[O-].[Na+]. The molecule has 1 heterocycles. The zero-order valence-corrected chi connectivity index (χ0v) is 10.7. The van der Waals surface area contributed by atoms with Gasteiger partial charge in [0.2, 0.25) is 0 Å². The summed E-state index contributed by atoms with van der Waals surface area (Å²) in [6.07, 6.45) is 3.52. The monoisotopic (exact) mass is 205 g/mol. The van der Waals surface area contributed by atoms with Crippen LogP contribution in [0.4, 0.5) is 0 Å². The zero-order chi connectivity index (χ0) is 9.84. The maximum Gasteiger partial charge on any atom is 1.00 e. The van der Waals surface area contributed by atoms with Gasteiger partial charge in [-0.05, 0) is 14.1 Å². The second kappa shape index (κ2) is 6.19. The largest absolute Gasteiger partial charge is 1.00 e. The van der Waals surface area contributed by atoms with Crippen LogP contribution in [-0.4, -0.2) is 41.0 Å². The summed E-state index contributed by atoms with van der Waals surface area (Å²) < 4.78 is 0. The smallest absolute Gasteiger partial charge is 0.548 e. The molecule has 0 spiro atoms. The number of hydrogen-bond acceptors (Lipinski definition) is 4. The first-order valence-electron chi connectivity index (χ1n) is 3.96. The summed E-state index contributed by atoms with van der Waals surface area (Å²) in [4.78, 5) is 18.9. The standard InChI is InChI=1S/C8H13N3O2.Na/c1-11(2)7(8(12)13)3-6-4-9-5-10-6;/h4-5,7H,3H2,1-2H3,(H,9,10)(H,12,13);/q;+1/p-1/t7-;/m0./s1. The summed E-state index contributed by atoms with van der Waals surface area (Å²) in [6.45, 7) is 0. The molecular formula is C8H12N3NaO2. The van der Waals surface area contributed by atoms with Crippen molar-refractivity contribution < 1.29 is 39.5 Å². The predicted molar refractivity (Wildman–Crippen MR) is 44.8 cm³/mol. The Bertz CT molecular complexity index is 274. The van der Waals surface area contributed by atoms with Gasteiger partial charge in [0.25, 0.3) is 0 Å². The molecule has 0 bridgehead atoms. The van der Waals surface area contributed by atoms with E-state index in [1.807, 2.05) is 0 Å². The van der Waals surface area contributed by atoms with Crippen LogP contribution in [0.5, 0.6) is 0 Å². The maximum atomic E-state index is 10.7. The Morgan fingerprint density at radius 3 is 2.71 bits per heavy atom. The number of likely N-dealkylation sites (N-methyl/N-ethyl adjacent to an activating group) is 1. The topological polar surface area (TPSA) is 72.0 Å². The minimum absolute atomic E-state index is 0. The third kappa shape index (κ3) is 3.79. The third-order valence-electron chi connectivity index (χ3n) is 1.86. The Morgan fingerprint density at radius 2 is 2.36 bits per heavy atom. The van der Waals surface area contributed by atoms with Gasteiger partial charge in [-0.1, -0.05) is 0 Å². The Kier molecular flexibility index (Phi) is 6.03. The fourth-order valence-corrected chi connectivity index (χ4v) is 1.08. The van der Waals surface area contributed by atoms with Crippen LogP contribution < -0.4 is 34.7 Å². The number of aromatic amines is 1. The van der Waals surface area contributed by atoms with E-state index >= 15 is 0 Å². The summed E-state index contributed by atoms with van der Waals surface area (Å²) in [5, 5.41) is 10.7. The molecule has 0 saturated carbocycles. The zero-order valence-electron chi connectivity index (χ0n) is 8.65. The van der Waals surface area contributed by atoms with E-state index < -0.39 is 12.0 Å². The number of nitrogens with one attached hydrogen (secondary N) is 1. The first-order chi connectivity index (χ1) is 6.11. The number of H-pyrrole nitrogens is 1. The van der Waals surface area contributed by atoms with Gasteiger partial charge in [-0.3, -0.25) is 0 Å². The number of carbonyl (C=O) groups is 1. The van der Waals surface area contributed by atoms with E-state index in [-0.39, 0.29) is 29.6 Å². The van der Waals surface area contributed by atoms with Crippen LogP contribution in [0.2, 0.25) is 0 Å². The van der Waals surface area contributed by atoms with Crippen molar-refractivity contribution in [1.29, 1.82) is 0 Å². The van der Waals surface area contributed by atoms with Crippen LogP contribution in [-0.2, 0) is 11.2 Å². The van der Waals surface area contributed by atoms with Crippen LogP contribution in [0, 0.1) is 0 Å². The van der Waals surface area contributed by atoms with Crippen molar-refractivity contribution in [3.8, 4) is 0 Å². The molecule has 0 aliphatic heterocycles. The second-order valence-corrected chi connectivity index (χ2v) is 3.08. The molecule has 0 aliphatic carbocycles. The van der Waals surface area contributed by atoms with Crippen molar-refractivity contribution in [1.82, 2.24) is 14.9 Å². The average molecular weight is 205 g/mol. The molecule has 0 radical (unpaired) electrons. The number of aromatic nitrogens is 2. The Hall–Kier alpha value is -0.360. The molecule has 1 atom stereocenters.